The highest BCUT2D eigenvalue weighted by atomic mass is 32.1. The fraction of sp³-hybridized carbons (Fsp3) is 0.0556. The first kappa shape index (κ1) is 15.7. The molecule has 0 spiro atoms. The lowest BCUT2D eigenvalue weighted by atomic mass is 10.2. The van der Waals surface area contributed by atoms with E-state index in [-0.39, 0.29) is 0 Å². The summed E-state index contributed by atoms with van der Waals surface area (Å²) < 4.78 is 5.78. The van der Waals surface area contributed by atoms with Crippen LogP contribution < -0.4 is 5.32 Å². The zero-order valence-electron chi connectivity index (χ0n) is 12.8. The van der Waals surface area contributed by atoms with E-state index in [1.807, 2.05) is 24.3 Å². The number of benzene rings is 2. The van der Waals surface area contributed by atoms with Crippen LogP contribution in [0.2, 0.25) is 0 Å². The molecule has 0 aliphatic rings. The lowest BCUT2D eigenvalue weighted by molar-refractivity contribution is 0.0602. The maximum absolute atomic E-state index is 11.8. The van der Waals surface area contributed by atoms with Crippen molar-refractivity contribution < 1.29 is 9.53 Å². The van der Waals surface area contributed by atoms with Gasteiger partial charge in [-0.25, -0.2) is 9.78 Å². The van der Waals surface area contributed by atoms with Crippen LogP contribution in [0.3, 0.4) is 0 Å². The number of methoxy groups -OCH3 is 1. The van der Waals surface area contributed by atoms with Crippen LogP contribution in [-0.4, -0.2) is 18.1 Å². The first-order valence-corrected chi connectivity index (χ1v) is 7.94. The van der Waals surface area contributed by atoms with Crippen LogP contribution in [0, 0.1) is 11.3 Å². The van der Waals surface area contributed by atoms with Crippen molar-refractivity contribution in [1.29, 1.82) is 5.26 Å². The maximum atomic E-state index is 11.8. The highest BCUT2D eigenvalue weighted by Crippen LogP contribution is 2.27. The standard InChI is InChI=1S/C18H13N3O2S/c1-23-18(22)13-6-2-3-7-14(13)20-11-12(10-19)17-21-15-8-4-5-9-16(15)24-17/h2-9,11,20H,1H3/b12-11+. The van der Waals surface area contributed by atoms with Crippen LogP contribution >= 0.6 is 11.3 Å². The summed E-state index contributed by atoms with van der Waals surface area (Å²) in [5.41, 5.74) is 2.22. The lowest BCUT2D eigenvalue weighted by Gasteiger charge is -2.07. The van der Waals surface area contributed by atoms with Crippen molar-refractivity contribution in [1.82, 2.24) is 4.98 Å². The minimum absolute atomic E-state index is 0.399. The highest BCUT2D eigenvalue weighted by Gasteiger charge is 2.12. The number of carbonyl (C=O) groups excluding carboxylic acids is 1. The fourth-order valence-electron chi connectivity index (χ4n) is 2.18. The number of nitrogens with one attached hydrogen (secondary N) is 1. The molecule has 1 N–H and O–H groups in total. The normalized spacial score (nSPS) is 11.1. The molecule has 0 saturated heterocycles. The van der Waals surface area contributed by atoms with Gasteiger partial charge in [0.1, 0.15) is 16.6 Å². The Morgan fingerprint density at radius 1 is 1.25 bits per heavy atom. The van der Waals surface area contributed by atoms with E-state index in [2.05, 4.69) is 16.4 Å². The number of fused-ring (bicyclic) bond motifs is 1. The number of nitriles is 1. The summed E-state index contributed by atoms with van der Waals surface area (Å²) in [4.78, 5) is 16.2. The number of aromatic nitrogens is 1. The predicted octanol–water partition coefficient (Wildman–Crippen LogP) is 4.06. The van der Waals surface area contributed by atoms with Crippen molar-refractivity contribution in [2.75, 3.05) is 12.4 Å². The van der Waals surface area contributed by atoms with Gasteiger partial charge in [0, 0.05) is 6.20 Å². The molecule has 0 aliphatic carbocycles. The maximum Gasteiger partial charge on any atom is 0.339 e. The second-order valence-electron chi connectivity index (χ2n) is 4.84. The number of rotatable bonds is 4. The van der Waals surface area contributed by atoms with Crippen LogP contribution in [0.15, 0.2) is 54.7 Å². The third kappa shape index (κ3) is 3.12. The number of hydrogen-bond acceptors (Lipinski definition) is 6. The molecule has 118 valence electrons. The first-order valence-electron chi connectivity index (χ1n) is 7.13. The number of carbonyl (C=O) groups is 1. The second-order valence-corrected chi connectivity index (χ2v) is 5.87. The van der Waals surface area contributed by atoms with E-state index in [9.17, 15) is 10.1 Å². The van der Waals surface area contributed by atoms with Gasteiger partial charge in [0.2, 0.25) is 0 Å². The summed E-state index contributed by atoms with van der Waals surface area (Å²) in [6, 6.07) is 16.8. The number of anilines is 1. The average molecular weight is 335 g/mol. The molecule has 0 aliphatic heterocycles. The fourth-order valence-corrected chi connectivity index (χ4v) is 3.11. The van der Waals surface area contributed by atoms with Crippen molar-refractivity contribution >= 4 is 38.8 Å². The van der Waals surface area contributed by atoms with Crippen molar-refractivity contribution in [2.45, 2.75) is 0 Å². The van der Waals surface area contributed by atoms with Crippen molar-refractivity contribution in [3.8, 4) is 6.07 Å². The van der Waals surface area contributed by atoms with Gasteiger partial charge in [-0.1, -0.05) is 24.3 Å². The van der Waals surface area contributed by atoms with E-state index < -0.39 is 5.97 Å². The summed E-state index contributed by atoms with van der Waals surface area (Å²) in [5, 5.41) is 13.1. The smallest absolute Gasteiger partial charge is 0.339 e. The van der Waals surface area contributed by atoms with Gasteiger partial charge in [-0.2, -0.15) is 5.26 Å². The zero-order valence-corrected chi connectivity index (χ0v) is 13.6. The van der Waals surface area contributed by atoms with Crippen LogP contribution in [0.1, 0.15) is 15.4 Å². The van der Waals surface area contributed by atoms with Crippen LogP contribution in [-0.2, 0) is 4.74 Å². The van der Waals surface area contributed by atoms with Crippen LogP contribution in [0.5, 0.6) is 0 Å². The molecule has 1 aromatic heterocycles. The largest absolute Gasteiger partial charge is 0.465 e. The molecule has 0 unspecified atom stereocenters. The molecule has 1 heterocycles. The number of para-hydroxylation sites is 2. The SMILES string of the molecule is COC(=O)c1ccccc1N/C=C(\C#N)c1nc2ccccc2s1. The van der Waals surface area contributed by atoms with E-state index in [1.165, 1.54) is 18.4 Å². The van der Waals surface area contributed by atoms with Gasteiger partial charge in [-0.05, 0) is 24.3 Å². The molecular weight excluding hydrogens is 322 g/mol. The average Bonchev–Trinajstić information content (AvgIpc) is 3.06. The molecule has 0 amide bonds. The monoisotopic (exact) mass is 335 g/mol. The quantitative estimate of drug-likeness (QED) is 0.575. The molecule has 2 aromatic carbocycles. The van der Waals surface area contributed by atoms with Gasteiger partial charge in [-0.3, -0.25) is 0 Å². The van der Waals surface area contributed by atoms with Gasteiger partial charge in [0.25, 0.3) is 0 Å². The molecule has 0 saturated carbocycles. The molecule has 5 nitrogen and oxygen atoms in total. The number of esters is 1. The number of hydrogen-bond donors (Lipinski definition) is 1. The Morgan fingerprint density at radius 3 is 2.75 bits per heavy atom. The summed E-state index contributed by atoms with van der Waals surface area (Å²) >= 11 is 1.45. The van der Waals surface area contributed by atoms with E-state index in [1.54, 1.807) is 30.5 Å². The molecule has 3 rings (SSSR count). The molecule has 0 atom stereocenters. The van der Waals surface area contributed by atoms with Gasteiger partial charge in [0.15, 0.2) is 0 Å². The summed E-state index contributed by atoms with van der Waals surface area (Å²) in [6.07, 6.45) is 1.56. The van der Waals surface area contributed by atoms with E-state index in [0.717, 1.165) is 10.2 Å². The van der Waals surface area contributed by atoms with E-state index >= 15 is 0 Å². The third-order valence-corrected chi connectivity index (χ3v) is 4.42. The Morgan fingerprint density at radius 2 is 2.00 bits per heavy atom. The topological polar surface area (TPSA) is 75.0 Å². The van der Waals surface area contributed by atoms with Gasteiger partial charge in [-0.15, -0.1) is 11.3 Å². The second kappa shape index (κ2) is 6.94. The third-order valence-electron chi connectivity index (χ3n) is 3.35. The minimum atomic E-state index is -0.440. The lowest BCUT2D eigenvalue weighted by Crippen LogP contribution is -2.05. The predicted molar refractivity (Wildman–Crippen MR) is 94.6 cm³/mol. The highest BCUT2D eigenvalue weighted by molar-refractivity contribution is 7.19. The minimum Gasteiger partial charge on any atom is -0.465 e. The van der Waals surface area contributed by atoms with Crippen molar-refractivity contribution in [3.63, 3.8) is 0 Å². The Kier molecular flexibility index (Phi) is 4.54. The number of ether oxygens (including phenoxy) is 1. The summed E-state index contributed by atoms with van der Waals surface area (Å²) in [6.45, 7) is 0. The molecule has 0 radical (unpaired) electrons. The molecule has 0 bridgehead atoms. The number of allylic oxidation sites excluding steroid dienone is 1. The van der Waals surface area contributed by atoms with E-state index in [0.29, 0.717) is 21.8 Å². The van der Waals surface area contributed by atoms with E-state index in [4.69, 9.17) is 4.74 Å². The number of nitrogens with zero attached hydrogens (tertiary/aromatic N) is 2. The number of thiazole rings is 1. The van der Waals surface area contributed by atoms with Crippen molar-refractivity contribution in [2.24, 2.45) is 0 Å². The molecule has 24 heavy (non-hydrogen) atoms. The Balaban J connectivity index is 1.92. The first-order chi connectivity index (χ1) is 11.7. The molecule has 0 fully saturated rings. The zero-order chi connectivity index (χ0) is 16.9. The van der Waals surface area contributed by atoms with Crippen LogP contribution in [0.4, 0.5) is 5.69 Å². The van der Waals surface area contributed by atoms with Crippen LogP contribution in [0.25, 0.3) is 15.8 Å². The van der Waals surface area contributed by atoms with Gasteiger partial charge < -0.3 is 10.1 Å². The van der Waals surface area contributed by atoms with Gasteiger partial charge in [0.05, 0.1) is 28.6 Å². The molecule has 6 heteroatoms. The van der Waals surface area contributed by atoms with Crippen molar-refractivity contribution in [3.05, 3.63) is 65.3 Å². The summed E-state index contributed by atoms with van der Waals surface area (Å²) in [7, 11) is 1.33. The Labute approximate surface area is 142 Å². The summed E-state index contributed by atoms with van der Waals surface area (Å²) in [5.74, 6) is -0.440. The Hall–Kier alpha value is -3.17. The molecular formula is C18H13N3O2S. The van der Waals surface area contributed by atoms with Gasteiger partial charge >= 0.3 is 5.97 Å². The Bertz CT molecular complexity index is 937. The molecule has 3 aromatic rings.